The molecule has 2 N–H and O–H groups in total. The zero-order valence-electron chi connectivity index (χ0n) is 14.3. The molecule has 0 atom stereocenters. The van der Waals surface area contributed by atoms with Crippen molar-refractivity contribution >= 4 is 17.1 Å². The van der Waals surface area contributed by atoms with Gasteiger partial charge in [0.05, 0.1) is 5.69 Å². The summed E-state index contributed by atoms with van der Waals surface area (Å²) in [6.07, 6.45) is 2.61. The van der Waals surface area contributed by atoms with Gasteiger partial charge in [0.1, 0.15) is 23.4 Å². The molecule has 1 aromatic carbocycles. The fraction of sp³-hybridized carbons (Fsp3) is 0.278. The molecule has 0 saturated carbocycles. The van der Waals surface area contributed by atoms with E-state index in [2.05, 4.69) is 20.3 Å². The van der Waals surface area contributed by atoms with Gasteiger partial charge in [0.2, 0.25) is 0 Å². The second kappa shape index (κ2) is 6.51. The highest BCUT2D eigenvalue weighted by atomic mass is 19.1. The summed E-state index contributed by atoms with van der Waals surface area (Å²) in [7, 11) is 0. The minimum Gasteiger partial charge on any atom is -0.444 e. The minimum absolute atomic E-state index is 0.0460. The Hall–Kier alpha value is -2.96. The Morgan fingerprint density at radius 3 is 2.80 bits per heavy atom. The molecule has 25 heavy (non-hydrogen) atoms. The van der Waals surface area contributed by atoms with Gasteiger partial charge in [-0.1, -0.05) is 12.1 Å². The second-order valence-electron chi connectivity index (χ2n) is 6.62. The van der Waals surface area contributed by atoms with Crippen molar-refractivity contribution in [3.8, 4) is 11.3 Å². The molecule has 0 bridgehead atoms. The number of nitrogens with one attached hydrogen (secondary N) is 2. The Labute approximate surface area is 144 Å². The summed E-state index contributed by atoms with van der Waals surface area (Å²) in [4.78, 5) is 23.0. The van der Waals surface area contributed by atoms with Crippen LogP contribution in [-0.2, 0) is 11.3 Å². The number of amides is 1. The number of aromatic amines is 1. The van der Waals surface area contributed by atoms with Crippen LogP contribution in [0.15, 0.2) is 36.8 Å². The van der Waals surface area contributed by atoms with Gasteiger partial charge in [0.15, 0.2) is 0 Å². The standard InChI is InChI=1S/C18H19FN4O2/c1-18(2,3)25-17(24)21-9-12-5-4-11(8-14(12)19)15-13-6-7-20-16(13)23-10-22-15/h4-8,10H,9H2,1-3H3,(H,21,24)(H,20,22,23). The van der Waals surface area contributed by atoms with Gasteiger partial charge < -0.3 is 15.0 Å². The molecule has 0 aliphatic rings. The van der Waals surface area contributed by atoms with Crippen molar-refractivity contribution in [2.75, 3.05) is 0 Å². The molecule has 0 unspecified atom stereocenters. The molecule has 0 fully saturated rings. The molecule has 0 spiro atoms. The largest absolute Gasteiger partial charge is 0.444 e. The Bertz CT molecular complexity index is 915. The van der Waals surface area contributed by atoms with Gasteiger partial charge in [-0.2, -0.15) is 0 Å². The quantitative estimate of drug-likeness (QED) is 0.759. The monoisotopic (exact) mass is 342 g/mol. The molecule has 7 heteroatoms. The number of hydrogen-bond donors (Lipinski definition) is 2. The van der Waals surface area contributed by atoms with E-state index in [1.54, 1.807) is 39.1 Å². The van der Waals surface area contributed by atoms with E-state index in [0.717, 1.165) is 5.39 Å². The van der Waals surface area contributed by atoms with E-state index >= 15 is 0 Å². The van der Waals surface area contributed by atoms with Gasteiger partial charge in [-0.15, -0.1) is 0 Å². The van der Waals surface area contributed by atoms with Gasteiger partial charge in [-0.05, 0) is 32.9 Å². The Morgan fingerprint density at radius 1 is 1.28 bits per heavy atom. The van der Waals surface area contributed by atoms with E-state index in [-0.39, 0.29) is 6.54 Å². The highest BCUT2D eigenvalue weighted by molar-refractivity contribution is 5.90. The maximum absolute atomic E-state index is 14.4. The highest BCUT2D eigenvalue weighted by Gasteiger charge is 2.16. The van der Waals surface area contributed by atoms with Crippen molar-refractivity contribution in [3.05, 3.63) is 48.2 Å². The van der Waals surface area contributed by atoms with Crippen molar-refractivity contribution in [1.29, 1.82) is 0 Å². The van der Waals surface area contributed by atoms with Crippen molar-refractivity contribution in [1.82, 2.24) is 20.3 Å². The van der Waals surface area contributed by atoms with Gasteiger partial charge in [-0.25, -0.2) is 19.2 Å². The van der Waals surface area contributed by atoms with E-state index in [9.17, 15) is 9.18 Å². The molecular formula is C18H19FN4O2. The summed E-state index contributed by atoms with van der Waals surface area (Å²) in [5.41, 5.74) is 1.76. The first-order chi connectivity index (χ1) is 11.8. The lowest BCUT2D eigenvalue weighted by Crippen LogP contribution is -2.32. The lowest BCUT2D eigenvalue weighted by Gasteiger charge is -2.19. The average Bonchev–Trinajstić information content (AvgIpc) is 3.00. The topological polar surface area (TPSA) is 79.9 Å². The van der Waals surface area contributed by atoms with Crippen molar-refractivity contribution in [3.63, 3.8) is 0 Å². The molecule has 0 aliphatic carbocycles. The summed E-state index contributed by atoms with van der Waals surface area (Å²) in [6.45, 7) is 5.35. The lowest BCUT2D eigenvalue weighted by molar-refractivity contribution is 0.0523. The van der Waals surface area contributed by atoms with Crippen LogP contribution in [0.3, 0.4) is 0 Å². The van der Waals surface area contributed by atoms with Crippen LogP contribution in [-0.4, -0.2) is 26.6 Å². The lowest BCUT2D eigenvalue weighted by atomic mass is 10.1. The van der Waals surface area contributed by atoms with E-state index in [1.165, 1.54) is 12.4 Å². The number of alkyl carbamates (subject to hydrolysis) is 1. The maximum atomic E-state index is 14.4. The Balaban J connectivity index is 1.77. The van der Waals surface area contributed by atoms with Crippen LogP contribution in [0.5, 0.6) is 0 Å². The van der Waals surface area contributed by atoms with E-state index in [4.69, 9.17) is 4.74 Å². The van der Waals surface area contributed by atoms with Crippen LogP contribution in [0.1, 0.15) is 26.3 Å². The zero-order valence-corrected chi connectivity index (χ0v) is 14.3. The van der Waals surface area contributed by atoms with Crippen molar-refractivity contribution in [2.45, 2.75) is 32.9 Å². The predicted octanol–water partition coefficient (Wildman–Crippen LogP) is 3.79. The molecule has 6 nitrogen and oxygen atoms in total. The number of benzene rings is 1. The Morgan fingerprint density at radius 2 is 2.08 bits per heavy atom. The zero-order chi connectivity index (χ0) is 18.0. The molecular weight excluding hydrogens is 323 g/mol. The molecule has 2 heterocycles. The minimum atomic E-state index is -0.596. The first kappa shape index (κ1) is 16.9. The highest BCUT2D eigenvalue weighted by Crippen LogP contribution is 2.26. The van der Waals surface area contributed by atoms with Gasteiger partial charge in [-0.3, -0.25) is 0 Å². The Kier molecular flexibility index (Phi) is 4.39. The van der Waals surface area contributed by atoms with Crippen LogP contribution >= 0.6 is 0 Å². The molecule has 1 amide bonds. The normalized spacial score (nSPS) is 11.5. The molecule has 3 aromatic rings. The van der Waals surface area contributed by atoms with Crippen LogP contribution in [0.2, 0.25) is 0 Å². The van der Waals surface area contributed by atoms with E-state index in [0.29, 0.717) is 22.5 Å². The number of nitrogens with zero attached hydrogens (tertiary/aromatic N) is 2. The number of fused-ring (bicyclic) bond motifs is 1. The summed E-state index contributed by atoms with van der Waals surface area (Å²) < 4.78 is 19.5. The van der Waals surface area contributed by atoms with Crippen LogP contribution in [0, 0.1) is 5.82 Å². The number of carbonyl (C=O) groups excluding carboxylic acids is 1. The molecule has 3 rings (SSSR count). The van der Waals surface area contributed by atoms with Crippen molar-refractivity contribution in [2.24, 2.45) is 0 Å². The molecule has 130 valence electrons. The average molecular weight is 342 g/mol. The summed E-state index contributed by atoms with van der Waals surface area (Å²) in [6, 6.07) is 6.65. The van der Waals surface area contributed by atoms with Gasteiger partial charge in [0, 0.05) is 29.3 Å². The van der Waals surface area contributed by atoms with Crippen LogP contribution < -0.4 is 5.32 Å². The number of halogens is 1. The fourth-order valence-electron chi connectivity index (χ4n) is 2.42. The third-order valence-corrected chi connectivity index (χ3v) is 3.50. The van der Waals surface area contributed by atoms with Crippen LogP contribution in [0.4, 0.5) is 9.18 Å². The molecule has 0 radical (unpaired) electrons. The summed E-state index contributed by atoms with van der Waals surface area (Å²) in [5.74, 6) is -0.421. The molecule has 2 aromatic heterocycles. The fourth-order valence-corrected chi connectivity index (χ4v) is 2.42. The number of rotatable bonds is 3. The smallest absolute Gasteiger partial charge is 0.407 e. The van der Waals surface area contributed by atoms with Gasteiger partial charge >= 0.3 is 6.09 Å². The number of H-pyrrole nitrogens is 1. The second-order valence-corrected chi connectivity index (χ2v) is 6.62. The molecule has 0 aliphatic heterocycles. The third kappa shape index (κ3) is 3.93. The predicted molar refractivity (Wildman–Crippen MR) is 92.4 cm³/mol. The molecule has 0 saturated heterocycles. The summed E-state index contributed by atoms with van der Waals surface area (Å²) >= 11 is 0. The maximum Gasteiger partial charge on any atom is 0.407 e. The van der Waals surface area contributed by atoms with Crippen LogP contribution in [0.25, 0.3) is 22.3 Å². The van der Waals surface area contributed by atoms with E-state index < -0.39 is 17.5 Å². The van der Waals surface area contributed by atoms with E-state index in [1.807, 2.05) is 6.07 Å². The number of ether oxygens (including phenoxy) is 1. The number of aromatic nitrogens is 3. The van der Waals surface area contributed by atoms with Gasteiger partial charge in [0.25, 0.3) is 0 Å². The summed E-state index contributed by atoms with van der Waals surface area (Å²) in [5, 5.41) is 3.37. The van der Waals surface area contributed by atoms with Crippen molar-refractivity contribution < 1.29 is 13.9 Å². The third-order valence-electron chi connectivity index (χ3n) is 3.50. The number of carbonyl (C=O) groups is 1. The first-order valence-electron chi connectivity index (χ1n) is 7.87. The number of hydrogen-bond acceptors (Lipinski definition) is 4. The first-order valence-corrected chi connectivity index (χ1v) is 7.87. The SMILES string of the molecule is CC(C)(C)OC(=O)NCc1ccc(-c2ncnc3[nH]ccc23)cc1F.